The first-order valence-electron chi connectivity index (χ1n) is 20.6. The SMILES string of the molecule is Cc1cccc(N(c2ccccc2)c2ccc(N(c3ccc(N(c4ccccc4)c4cccc(C)c4)cc3)c3ccc(N(c4ccccc4)c4cccc(N)c4)cc3)cc2)c1. The largest absolute Gasteiger partial charge is 0.399 e. The number of aryl methyl sites for hydroxylation is 2. The lowest BCUT2D eigenvalue weighted by molar-refractivity contribution is 1.23. The van der Waals surface area contributed by atoms with Gasteiger partial charge in [0.25, 0.3) is 0 Å². The van der Waals surface area contributed by atoms with E-state index in [-0.39, 0.29) is 0 Å². The monoisotopic (exact) mass is 789 g/mol. The van der Waals surface area contributed by atoms with Crippen LogP contribution in [0.15, 0.2) is 237 Å². The molecule has 0 fully saturated rings. The molecular weight excluding hydrogens is 743 g/mol. The van der Waals surface area contributed by atoms with Gasteiger partial charge in [-0.25, -0.2) is 0 Å². The van der Waals surface area contributed by atoms with Crippen molar-refractivity contribution in [2.24, 2.45) is 0 Å². The predicted molar refractivity (Wildman–Crippen MR) is 259 cm³/mol. The average Bonchev–Trinajstić information content (AvgIpc) is 3.30. The molecule has 0 aliphatic carbocycles. The fourth-order valence-electron chi connectivity index (χ4n) is 7.97. The Bertz CT molecular complexity index is 2510. The quantitative estimate of drug-likeness (QED) is 0.125. The van der Waals surface area contributed by atoms with Crippen LogP contribution in [0.1, 0.15) is 11.1 Å². The second-order valence-corrected chi connectivity index (χ2v) is 15.2. The van der Waals surface area contributed by atoms with Crippen LogP contribution in [-0.2, 0) is 0 Å². The van der Waals surface area contributed by atoms with Gasteiger partial charge in [0, 0.05) is 73.9 Å². The second kappa shape index (κ2) is 17.5. The van der Waals surface area contributed by atoms with E-state index in [0.29, 0.717) is 0 Å². The molecule has 9 aromatic rings. The van der Waals surface area contributed by atoms with E-state index in [1.54, 1.807) is 0 Å². The zero-order valence-electron chi connectivity index (χ0n) is 34.4. The Balaban J connectivity index is 1.14. The van der Waals surface area contributed by atoms with Crippen LogP contribution in [0, 0.1) is 13.8 Å². The third kappa shape index (κ3) is 8.45. The summed E-state index contributed by atoms with van der Waals surface area (Å²) in [5.74, 6) is 0. The van der Waals surface area contributed by atoms with Gasteiger partial charge in [-0.3, -0.25) is 0 Å². The molecule has 0 aliphatic rings. The number of anilines is 13. The topological polar surface area (TPSA) is 39.0 Å². The first-order valence-corrected chi connectivity index (χ1v) is 20.6. The molecular formula is C56H47N5. The van der Waals surface area contributed by atoms with E-state index in [2.05, 4.69) is 246 Å². The summed E-state index contributed by atoms with van der Waals surface area (Å²) >= 11 is 0. The number of nitrogens with two attached hydrogens (primary N) is 1. The average molecular weight is 790 g/mol. The summed E-state index contributed by atoms with van der Waals surface area (Å²) in [6, 6.07) is 83.3. The van der Waals surface area contributed by atoms with Crippen molar-refractivity contribution in [1.29, 1.82) is 0 Å². The number of para-hydroxylation sites is 3. The van der Waals surface area contributed by atoms with Crippen molar-refractivity contribution < 1.29 is 0 Å². The van der Waals surface area contributed by atoms with E-state index >= 15 is 0 Å². The predicted octanol–water partition coefficient (Wildman–Crippen LogP) is 15.8. The summed E-state index contributed by atoms with van der Waals surface area (Å²) in [4.78, 5) is 9.18. The number of hydrogen-bond donors (Lipinski definition) is 1. The first-order chi connectivity index (χ1) is 30.0. The maximum absolute atomic E-state index is 6.31. The van der Waals surface area contributed by atoms with Crippen molar-refractivity contribution in [2.75, 3.05) is 25.3 Å². The minimum atomic E-state index is 0.717. The molecule has 0 aliphatic heterocycles. The van der Waals surface area contributed by atoms with Gasteiger partial charge in [-0.2, -0.15) is 0 Å². The van der Waals surface area contributed by atoms with Crippen molar-refractivity contribution in [3.8, 4) is 0 Å². The number of rotatable bonds is 12. The van der Waals surface area contributed by atoms with E-state index in [1.807, 2.05) is 24.3 Å². The van der Waals surface area contributed by atoms with Gasteiger partial charge >= 0.3 is 0 Å². The van der Waals surface area contributed by atoms with Gasteiger partial charge < -0.3 is 25.3 Å². The van der Waals surface area contributed by atoms with Gasteiger partial charge in [0.05, 0.1) is 0 Å². The first kappa shape index (κ1) is 38.5. The zero-order chi connectivity index (χ0) is 41.5. The number of benzene rings is 9. The second-order valence-electron chi connectivity index (χ2n) is 15.2. The lowest BCUT2D eigenvalue weighted by atomic mass is 10.1. The Morgan fingerprint density at radius 3 is 0.738 bits per heavy atom. The van der Waals surface area contributed by atoms with E-state index in [4.69, 9.17) is 5.73 Å². The van der Waals surface area contributed by atoms with E-state index in [0.717, 1.165) is 73.9 Å². The molecule has 2 N–H and O–H groups in total. The molecule has 0 spiro atoms. The Morgan fingerprint density at radius 2 is 0.459 bits per heavy atom. The maximum atomic E-state index is 6.31. The lowest BCUT2D eigenvalue weighted by Crippen LogP contribution is -2.14. The van der Waals surface area contributed by atoms with Crippen LogP contribution in [0.3, 0.4) is 0 Å². The van der Waals surface area contributed by atoms with Crippen LogP contribution in [0.25, 0.3) is 0 Å². The minimum Gasteiger partial charge on any atom is -0.399 e. The Kier molecular flexibility index (Phi) is 11.0. The highest BCUT2D eigenvalue weighted by atomic mass is 15.2. The molecule has 0 aromatic heterocycles. The summed E-state index contributed by atoms with van der Waals surface area (Å²) in [6.45, 7) is 4.27. The molecule has 0 atom stereocenters. The zero-order valence-corrected chi connectivity index (χ0v) is 34.4. The molecule has 296 valence electrons. The van der Waals surface area contributed by atoms with Crippen LogP contribution in [-0.4, -0.2) is 0 Å². The molecule has 0 bridgehead atoms. The Labute approximate surface area is 359 Å². The molecule has 61 heavy (non-hydrogen) atoms. The highest BCUT2D eigenvalue weighted by Gasteiger charge is 2.19. The molecule has 9 aromatic carbocycles. The third-order valence-corrected chi connectivity index (χ3v) is 10.8. The van der Waals surface area contributed by atoms with Crippen molar-refractivity contribution in [3.63, 3.8) is 0 Å². The van der Waals surface area contributed by atoms with Crippen LogP contribution in [0.5, 0.6) is 0 Å². The molecule has 5 nitrogen and oxygen atoms in total. The third-order valence-electron chi connectivity index (χ3n) is 10.8. The van der Waals surface area contributed by atoms with Gasteiger partial charge in [-0.1, -0.05) is 84.9 Å². The summed E-state index contributed by atoms with van der Waals surface area (Å²) in [6.07, 6.45) is 0. The van der Waals surface area contributed by atoms with Gasteiger partial charge in [0.2, 0.25) is 0 Å². The normalized spacial score (nSPS) is 10.9. The van der Waals surface area contributed by atoms with Gasteiger partial charge in [-0.05, 0) is 177 Å². The van der Waals surface area contributed by atoms with Crippen LogP contribution >= 0.6 is 0 Å². The van der Waals surface area contributed by atoms with E-state index in [9.17, 15) is 0 Å². The van der Waals surface area contributed by atoms with Gasteiger partial charge in [0.15, 0.2) is 0 Å². The molecule has 9 rings (SSSR count). The van der Waals surface area contributed by atoms with Crippen molar-refractivity contribution >= 4 is 73.9 Å². The fraction of sp³-hybridized carbons (Fsp3) is 0.0357. The molecule has 0 heterocycles. The molecule has 0 radical (unpaired) electrons. The van der Waals surface area contributed by atoms with E-state index < -0.39 is 0 Å². The molecule has 0 saturated carbocycles. The summed E-state index contributed by atoms with van der Waals surface area (Å²) in [5, 5.41) is 0. The van der Waals surface area contributed by atoms with Gasteiger partial charge in [0.1, 0.15) is 0 Å². The van der Waals surface area contributed by atoms with Gasteiger partial charge in [-0.15, -0.1) is 0 Å². The Morgan fingerprint density at radius 1 is 0.230 bits per heavy atom. The van der Waals surface area contributed by atoms with E-state index in [1.165, 1.54) is 11.1 Å². The molecule has 0 saturated heterocycles. The number of nitrogens with zero attached hydrogens (tertiary/aromatic N) is 4. The standard InChI is InChI=1S/C56H47N5/c1-42-15-12-24-54(39-42)59(45-18-6-3-7-19-45)51-33-27-48(28-34-51)58(49-29-35-52(36-30-49)60(46-20-8-4-9-21-46)55-25-13-16-43(2)40-55)50-31-37-53(38-32-50)61(47-22-10-5-11-23-47)56-26-14-17-44(57)41-56/h3-41H,57H2,1-2H3. The maximum Gasteiger partial charge on any atom is 0.0482 e. The highest BCUT2D eigenvalue weighted by molar-refractivity contribution is 5.85. The van der Waals surface area contributed by atoms with Crippen molar-refractivity contribution in [2.45, 2.75) is 13.8 Å². The van der Waals surface area contributed by atoms with Crippen LogP contribution in [0.2, 0.25) is 0 Å². The molecule has 5 heteroatoms. The smallest absolute Gasteiger partial charge is 0.0482 e. The minimum absolute atomic E-state index is 0.717. The summed E-state index contributed by atoms with van der Waals surface area (Å²) < 4.78 is 0. The van der Waals surface area contributed by atoms with Crippen molar-refractivity contribution in [3.05, 3.63) is 248 Å². The summed E-state index contributed by atoms with van der Waals surface area (Å²) in [7, 11) is 0. The summed E-state index contributed by atoms with van der Waals surface area (Å²) in [5.41, 5.74) is 22.2. The number of nitrogen functional groups attached to an aromatic ring is 1. The highest BCUT2D eigenvalue weighted by Crippen LogP contribution is 2.43. The lowest BCUT2D eigenvalue weighted by Gasteiger charge is -2.30. The molecule has 0 unspecified atom stereocenters. The van der Waals surface area contributed by atoms with Crippen molar-refractivity contribution in [1.82, 2.24) is 0 Å². The number of hydrogen-bond acceptors (Lipinski definition) is 5. The van der Waals surface area contributed by atoms with Crippen LogP contribution < -0.4 is 25.3 Å². The fourth-order valence-corrected chi connectivity index (χ4v) is 7.97. The van der Waals surface area contributed by atoms with Crippen LogP contribution in [0.4, 0.5) is 73.9 Å². The Hall–Kier alpha value is -8.02. The molecule has 0 amide bonds.